The minimum atomic E-state index is -0.0788. The zero-order chi connectivity index (χ0) is 12.4. The van der Waals surface area contributed by atoms with Crippen molar-refractivity contribution >= 4 is 0 Å². The van der Waals surface area contributed by atoms with Crippen molar-refractivity contribution in [2.45, 2.75) is 46.0 Å². The van der Waals surface area contributed by atoms with Crippen LogP contribution < -0.4 is 5.73 Å². The van der Waals surface area contributed by atoms with E-state index in [1.165, 1.54) is 0 Å². The molecule has 0 saturated heterocycles. The Kier molecular flexibility index (Phi) is 8.82. The predicted octanol–water partition coefficient (Wildman–Crippen LogP) is 4.27. The zero-order valence-corrected chi connectivity index (χ0v) is 10.6. The first-order valence-electron chi connectivity index (χ1n) is 6.09. The van der Waals surface area contributed by atoms with E-state index in [0.717, 1.165) is 31.3 Å². The van der Waals surface area contributed by atoms with Crippen LogP contribution in [0.15, 0.2) is 35.7 Å². The molecule has 0 aromatic rings. The van der Waals surface area contributed by atoms with Gasteiger partial charge in [-0.3, -0.25) is 0 Å². The predicted molar refractivity (Wildman–Crippen MR) is 69.9 cm³/mol. The first-order valence-corrected chi connectivity index (χ1v) is 6.09. The molecule has 1 nitrogen and oxygen atoms in total. The number of nitrogens with two attached hydrogens (primary N) is 1. The molecule has 0 amide bonds. The molecule has 0 atom stereocenters. The molecule has 0 rings (SSSR count). The van der Waals surface area contributed by atoms with Gasteiger partial charge in [0.2, 0.25) is 0 Å². The van der Waals surface area contributed by atoms with Gasteiger partial charge in [-0.1, -0.05) is 51.0 Å². The van der Waals surface area contributed by atoms with Crippen molar-refractivity contribution in [2.24, 2.45) is 5.73 Å². The summed E-state index contributed by atoms with van der Waals surface area (Å²) in [6, 6.07) is 0. The summed E-state index contributed by atoms with van der Waals surface area (Å²) >= 11 is 0. The average molecular weight is 225 g/mol. The largest absolute Gasteiger partial charge is 0.326 e. The number of rotatable bonds is 8. The highest BCUT2D eigenvalue weighted by atomic mass is 19.1. The molecule has 0 aromatic heterocycles. The normalized spacial score (nSPS) is 13.0. The van der Waals surface area contributed by atoms with Crippen molar-refractivity contribution in [3.63, 3.8) is 0 Å². The third-order valence-electron chi connectivity index (χ3n) is 2.41. The van der Waals surface area contributed by atoms with E-state index in [-0.39, 0.29) is 12.4 Å². The summed E-state index contributed by atoms with van der Waals surface area (Å²) in [5.41, 5.74) is 7.15. The first-order chi connectivity index (χ1) is 7.65. The maximum Gasteiger partial charge on any atom is 0.104 e. The van der Waals surface area contributed by atoms with E-state index in [9.17, 15) is 4.39 Å². The number of unbranched alkanes of at least 4 members (excludes halogenated alkanes) is 1. The van der Waals surface area contributed by atoms with Crippen molar-refractivity contribution in [1.29, 1.82) is 0 Å². The van der Waals surface area contributed by atoms with E-state index in [1.54, 1.807) is 6.08 Å². The Morgan fingerprint density at radius 1 is 1.19 bits per heavy atom. The second kappa shape index (κ2) is 9.34. The fourth-order valence-electron chi connectivity index (χ4n) is 1.38. The van der Waals surface area contributed by atoms with Gasteiger partial charge in [-0.15, -0.1) is 0 Å². The van der Waals surface area contributed by atoms with Gasteiger partial charge in [0.05, 0.1) is 0 Å². The Morgan fingerprint density at radius 3 is 2.38 bits per heavy atom. The summed E-state index contributed by atoms with van der Waals surface area (Å²) in [4.78, 5) is 0. The molecule has 0 radical (unpaired) electrons. The third kappa shape index (κ3) is 6.57. The minimum Gasteiger partial charge on any atom is -0.326 e. The Bertz CT molecular complexity index is 264. The van der Waals surface area contributed by atoms with Gasteiger partial charge in [0.1, 0.15) is 5.83 Å². The van der Waals surface area contributed by atoms with E-state index in [0.29, 0.717) is 12.0 Å². The van der Waals surface area contributed by atoms with Crippen LogP contribution in [0.4, 0.5) is 4.39 Å². The number of hydrogen-bond acceptors (Lipinski definition) is 1. The molecule has 2 N–H and O–H groups in total. The van der Waals surface area contributed by atoms with Crippen molar-refractivity contribution in [3.8, 4) is 0 Å². The molecule has 0 aliphatic carbocycles. The van der Waals surface area contributed by atoms with Crippen LogP contribution in [0.5, 0.6) is 0 Å². The smallest absolute Gasteiger partial charge is 0.104 e. The Hall–Kier alpha value is -0.890. The minimum absolute atomic E-state index is 0.0788. The van der Waals surface area contributed by atoms with Crippen LogP contribution in [-0.4, -0.2) is 6.54 Å². The van der Waals surface area contributed by atoms with Crippen LogP contribution in [0.3, 0.4) is 0 Å². The van der Waals surface area contributed by atoms with Crippen LogP contribution >= 0.6 is 0 Å². The maximum atomic E-state index is 13.6. The molecule has 0 aromatic carbocycles. The van der Waals surface area contributed by atoms with Crippen molar-refractivity contribution < 1.29 is 4.39 Å². The van der Waals surface area contributed by atoms with Crippen molar-refractivity contribution in [3.05, 3.63) is 35.7 Å². The highest BCUT2D eigenvalue weighted by Crippen LogP contribution is 2.15. The molecule has 0 aliphatic rings. The quantitative estimate of drug-likeness (QED) is 0.613. The molecule has 2 heteroatoms. The first kappa shape index (κ1) is 15.1. The fourth-order valence-corrected chi connectivity index (χ4v) is 1.38. The van der Waals surface area contributed by atoms with Crippen LogP contribution in [0.2, 0.25) is 0 Å². The standard InChI is InChI=1S/C14H24FN/c1-4-6-8-14(15)13(11-16)10-9-12(3)7-5-2/h9-10H,3-8,11,16H2,1-2H3/b10-9-,14-13-. The summed E-state index contributed by atoms with van der Waals surface area (Å²) in [6.07, 6.45) is 8.01. The number of halogens is 1. The van der Waals surface area contributed by atoms with Crippen LogP contribution in [-0.2, 0) is 0 Å². The maximum absolute atomic E-state index is 13.6. The van der Waals surface area contributed by atoms with Gasteiger partial charge in [-0.2, -0.15) is 0 Å². The molecule has 0 unspecified atom stereocenters. The van der Waals surface area contributed by atoms with E-state index in [1.807, 2.05) is 13.0 Å². The van der Waals surface area contributed by atoms with Gasteiger partial charge >= 0.3 is 0 Å². The summed E-state index contributed by atoms with van der Waals surface area (Å²) in [5, 5.41) is 0. The zero-order valence-electron chi connectivity index (χ0n) is 10.6. The molecule has 0 saturated carbocycles. The van der Waals surface area contributed by atoms with E-state index >= 15 is 0 Å². The topological polar surface area (TPSA) is 26.0 Å². The molecule has 0 heterocycles. The lowest BCUT2D eigenvalue weighted by molar-refractivity contribution is 0.560. The Labute approximate surface area is 98.9 Å². The van der Waals surface area contributed by atoms with Crippen molar-refractivity contribution in [1.82, 2.24) is 0 Å². The second-order valence-electron chi connectivity index (χ2n) is 3.98. The molecule has 0 fully saturated rings. The lowest BCUT2D eigenvalue weighted by Gasteiger charge is -2.03. The summed E-state index contributed by atoms with van der Waals surface area (Å²) in [6.45, 7) is 8.30. The summed E-state index contributed by atoms with van der Waals surface area (Å²) in [7, 11) is 0. The van der Waals surface area contributed by atoms with Gasteiger partial charge in [-0.25, -0.2) is 4.39 Å². The molecule has 92 valence electrons. The Morgan fingerprint density at radius 2 is 1.88 bits per heavy atom. The molecular formula is C14H24FN. The average Bonchev–Trinajstić information content (AvgIpc) is 2.27. The SMILES string of the molecule is C=C(/C=C\C(CN)=C(\F)CCCC)CCC. The lowest BCUT2D eigenvalue weighted by atomic mass is 10.1. The van der Waals surface area contributed by atoms with Crippen LogP contribution in [0.25, 0.3) is 0 Å². The number of allylic oxidation sites excluding steroid dienone is 3. The highest BCUT2D eigenvalue weighted by molar-refractivity contribution is 5.29. The Balaban J connectivity index is 4.42. The molecule has 16 heavy (non-hydrogen) atoms. The molecular weight excluding hydrogens is 201 g/mol. The summed E-state index contributed by atoms with van der Waals surface area (Å²) in [5.74, 6) is -0.0788. The van der Waals surface area contributed by atoms with Crippen molar-refractivity contribution in [2.75, 3.05) is 6.54 Å². The molecule has 0 spiro atoms. The lowest BCUT2D eigenvalue weighted by Crippen LogP contribution is -2.03. The van der Waals surface area contributed by atoms with E-state index in [4.69, 9.17) is 5.73 Å². The highest BCUT2D eigenvalue weighted by Gasteiger charge is 2.01. The summed E-state index contributed by atoms with van der Waals surface area (Å²) < 4.78 is 13.6. The van der Waals surface area contributed by atoms with Gasteiger partial charge < -0.3 is 5.73 Å². The molecule has 0 bridgehead atoms. The van der Waals surface area contributed by atoms with Gasteiger partial charge in [0, 0.05) is 6.54 Å². The van der Waals surface area contributed by atoms with E-state index < -0.39 is 0 Å². The van der Waals surface area contributed by atoms with Gasteiger partial charge in [0.15, 0.2) is 0 Å². The van der Waals surface area contributed by atoms with Crippen LogP contribution in [0, 0.1) is 0 Å². The van der Waals surface area contributed by atoms with Gasteiger partial charge in [0.25, 0.3) is 0 Å². The second-order valence-corrected chi connectivity index (χ2v) is 3.98. The monoisotopic (exact) mass is 225 g/mol. The molecule has 0 aliphatic heterocycles. The van der Waals surface area contributed by atoms with Gasteiger partial charge in [-0.05, 0) is 24.8 Å². The van der Waals surface area contributed by atoms with Crippen LogP contribution in [0.1, 0.15) is 46.0 Å². The fraction of sp³-hybridized carbons (Fsp3) is 0.571. The third-order valence-corrected chi connectivity index (χ3v) is 2.41. The van der Waals surface area contributed by atoms with E-state index in [2.05, 4.69) is 13.5 Å². The number of hydrogen-bond donors (Lipinski definition) is 1.